The summed E-state index contributed by atoms with van der Waals surface area (Å²) in [4.78, 5) is 51.9. The van der Waals surface area contributed by atoms with E-state index in [1.807, 2.05) is 6.07 Å². The molecule has 1 fully saturated rings. The van der Waals surface area contributed by atoms with Gasteiger partial charge in [0.05, 0.1) is 43.1 Å². The van der Waals surface area contributed by atoms with E-state index in [-0.39, 0.29) is 36.4 Å². The molecule has 19 heteroatoms. The van der Waals surface area contributed by atoms with Crippen LogP contribution in [-0.2, 0) is 50.2 Å². The molecule has 2 heterocycles. The average molecular weight is 788 g/mol. The highest BCUT2D eigenvalue weighted by molar-refractivity contribution is 8.00. The molecule has 2 N–H and O–H groups in total. The van der Waals surface area contributed by atoms with E-state index in [2.05, 4.69) is 15.4 Å². The molecule has 1 unspecified atom stereocenters. The third-order valence-electron chi connectivity index (χ3n) is 7.80. The maximum Gasteiger partial charge on any atom is 0.512 e. The molecule has 0 radical (unpaired) electrons. The standard InChI is InChI=1S/C36H36F3N5O10S/c1-22(55-27-17-50-34(51-18-27)6-4-3-5-25-8-7-24(15-40)13-29(25)38)36(19-44-21-41-20-43-44,28-10-9-26(37)14-30(28)39)54-35(49)53-23(2)52-33(48)12-11-31(45)42-16-32(46)47/h3-10,13-14,20-23,27,34H,11-12,16-19H2,1-2H3,(H,42,45)(H,46,47)/b5-3+,6-4+/t22-,23?,27?,34?,36-/m1/s1. The maximum absolute atomic E-state index is 15.7. The van der Waals surface area contributed by atoms with Crippen molar-refractivity contribution >= 4 is 41.8 Å². The second kappa shape index (κ2) is 20.1. The molecule has 0 saturated carbocycles. The number of nitrogens with one attached hydrogen (secondary N) is 1. The van der Waals surface area contributed by atoms with Crippen molar-refractivity contribution in [2.75, 3.05) is 19.8 Å². The lowest BCUT2D eigenvalue weighted by molar-refractivity contribution is -0.172. The number of carbonyl (C=O) groups excluding carboxylic acids is 3. The van der Waals surface area contributed by atoms with Crippen LogP contribution in [0.5, 0.6) is 0 Å². The van der Waals surface area contributed by atoms with Gasteiger partial charge in [0.15, 0.2) is 11.9 Å². The predicted octanol–water partition coefficient (Wildman–Crippen LogP) is 4.62. The van der Waals surface area contributed by atoms with E-state index in [4.69, 9.17) is 34.1 Å². The molecular formula is C36H36F3N5O10S. The second-order valence-corrected chi connectivity index (χ2v) is 13.5. The van der Waals surface area contributed by atoms with Crippen molar-refractivity contribution < 1.29 is 61.1 Å². The molecule has 0 spiro atoms. The third-order valence-corrected chi connectivity index (χ3v) is 9.25. The monoisotopic (exact) mass is 787 g/mol. The highest BCUT2D eigenvalue weighted by Crippen LogP contribution is 2.42. The van der Waals surface area contributed by atoms with Crippen LogP contribution in [-0.4, -0.2) is 86.7 Å². The Kier molecular flexibility index (Phi) is 15.4. The number of allylic oxidation sites excluding steroid dienone is 2. The average Bonchev–Trinajstić information content (AvgIpc) is 3.65. The number of halogens is 3. The number of aromatic nitrogens is 3. The summed E-state index contributed by atoms with van der Waals surface area (Å²) in [6.45, 7) is 2.14. The molecule has 55 heavy (non-hydrogen) atoms. The van der Waals surface area contributed by atoms with E-state index in [1.54, 1.807) is 25.2 Å². The second-order valence-electron chi connectivity index (χ2n) is 11.8. The van der Waals surface area contributed by atoms with Gasteiger partial charge in [-0.2, -0.15) is 10.4 Å². The van der Waals surface area contributed by atoms with Gasteiger partial charge >= 0.3 is 18.1 Å². The summed E-state index contributed by atoms with van der Waals surface area (Å²) in [7, 11) is 0. The number of carboxylic acids is 1. The fourth-order valence-electron chi connectivity index (χ4n) is 5.18. The molecule has 1 aromatic heterocycles. The van der Waals surface area contributed by atoms with Gasteiger partial charge in [0.2, 0.25) is 12.2 Å². The maximum atomic E-state index is 15.7. The van der Waals surface area contributed by atoms with E-state index in [1.165, 1.54) is 54.2 Å². The molecule has 3 aromatic rings. The van der Waals surface area contributed by atoms with Gasteiger partial charge in [-0.15, -0.1) is 11.8 Å². The highest BCUT2D eigenvalue weighted by atomic mass is 32.2. The first kappa shape index (κ1) is 42.0. The van der Waals surface area contributed by atoms with Crippen molar-refractivity contribution in [3.63, 3.8) is 0 Å². The van der Waals surface area contributed by atoms with Gasteiger partial charge in [0, 0.05) is 35.8 Å². The molecule has 15 nitrogen and oxygen atoms in total. The normalized spacial score (nSPS) is 17.8. The topological polar surface area (TPSA) is 201 Å². The van der Waals surface area contributed by atoms with Crippen LogP contribution in [0.1, 0.15) is 43.4 Å². The van der Waals surface area contributed by atoms with E-state index >= 15 is 4.39 Å². The van der Waals surface area contributed by atoms with Crippen molar-refractivity contribution in [1.29, 1.82) is 5.26 Å². The van der Waals surface area contributed by atoms with Crippen LogP contribution in [0.2, 0.25) is 0 Å². The van der Waals surface area contributed by atoms with Gasteiger partial charge in [0.25, 0.3) is 0 Å². The number of aliphatic carboxylic acids is 1. The van der Waals surface area contributed by atoms with Crippen LogP contribution in [0.25, 0.3) is 6.08 Å². The zero-order valence-corrected chi connectivity index (χ0v) is 30.2. The van der Waals surface area contributed by atoms with Crippen LogP contribution < -0.4 is 5.32 Å². The summed E-state index contributed by atoms with van der Waals surface area (Å²) >= 11 is 1.21. The minimum Gasteiger partial charge on any atom is -0.480 e. The molecule has 1 amide bonds. The first-order chi connectivity index (χ1) is 26.3. The number of benzene rings is 2. The summed E-state index contributed by atoms with van der Waals surface area (Å²) in [5.41, 5.74) is -1.71. The van der Waals surface area contributed by atoms with Gasteiger partial charge in [0.1, 0.15) is 36.7 Å². The number of nitrogens with zero attached hydrogens (tertiary/aromatic N) is 4. The smallest absolute Gasteiger partial charge is 0.480 e. The molecule has 4 rings (SSSR count). The molecule has 292 valence electrons. The summed E-state index contributed by atoms with van der Waals surface area (Å²) < 4.78 is 73.0. The SMILES string of the molecule is CC(OC(=O)CCC(=O)NCC(=O)O)OC(=O)O[C@@](Cn1cncn1)(c1ccc(F)cc1F)[C@@H](C)SC1COC(/C=C/C=C/c2ccc(C#N)cc2F)OC1. The Balaban J connectivity index is 1.45. The first-order valence-corrected chi connectivity index (χ1v) is 17.5. The zero-order chi connectivity index (χ0) is 40.0. The minimum absolute atomic E-state index is 0.134. The summed E-state index contributed by atoms with van der Waals surface area (Å²) in [6.07, 6.45) is 4.25. The molecule has 1 aliphatic heterocycles. The fourth-order valence-corrected chi connectivity index (χ4v) is 6.54. The van der Waals surface area contributed by atoms with Crippen LogP contribution in [0.3, 0.4) is 0 Å². The van der Waals surface area contributed by atoms with E-state index in [0.29, 0.717) is 6.07 Å². The summed E-state index contributed by atoms with van der Waals surface area (Å²) in [5.74, 6) is -5.42. The number of esters is 1. The number of amides is 1. The van der Waals surface area contributed by atoms with E-state index in [0.717, 1.165) is 18.2 Å². The molecule has 0 bridgehead atoms. The number of rotatable bonds is 17. The molecule has 0 aliphatic carbocycles. The Bertz CT molecular complexity index is 1920. The van der Waals surface area contributed by atoms with Gasteiger partial charge in [-0.25, -0.2) is 27.6 Å². The lowest BCUT2D eigenvalue weighted by Crippen LogP contribution is -2.47. The summed E-state index contributed by atoms with van der Waals surface area (Å²) in [6, 6.07) is 8.72. The lowest BCUT2D eigenvalue weighted by atomic mass is 9.89. The molecule has 1 aliphatic rings. The van der Waals surface area contributed by atoms with Gasteiger partial charge in [-0.1, -0.05) is 24.3 Å². The van der Waals surface area contributed by atoms with Crippen molar-refractivity contribution in [2.24, 2.45) is 0 Å². The van der Waals surface area contributed by atoms with E-state index in [9.17, 15) is 28.0 Å². The van der Waals surface area contributed by atoms with Crippen molar-refractivity contribution in [1.82, 2.24) is 20.1 Å². The first-order valence-electron chi connectivity index (χ1n) is 16.6. The van der Waals surface area contributed by atoms with Gasteiger partial charge < -0.3 is 34.1 Å². The molecular weight excluding hydrogens is 751 g/mol. The zero-order valence-electron chi connectivity index (χ0n) is 29.4. The van der Waals surface area contributed by atoms with Crippen LogP contribution in [0, 0.1) is 28.8 Å². The van der Waals surface area contributed by atoms with Crippen molar-refractivity contribution in [2.45, 2.75) is 61.9 Å². The Morgan fingerprint density at radius 1 is 1.09 bits per heavy atom. The Labute approximate surface area is 317 Å². The van der Waals surface area contributed by atoms with Crippen LogP contribution >= 0.6 is 11.8 Å². The lowest BCUT2D eigenvalue weighted by Gasteiger charge is -2.40. The van der Waals surface area contributed by atoms with E-state index < -0.39 is 89.5 Å². The van der Waals surface area contributed by atoms with Crippen LogP contribution in [0.15, 0.2) is 67.3 Å². The number of carboxylic acid groups (broad SMARTS) is 1. The number of hydrogen-bond acceptors (Lipinski definition) is 13. The number of thioether (sulfide) groups is 1. The number of nitriles is 1. The number of ether oxygens (including phenoxy) is 5. The Morgan fingerprint density at radius 2 is 1.85 bits per heavy atom. The molecule has 3 atom stereocenters. The van der Waals surface area contributed by atoms with Gasteiger partial charge in [-0.3, -0.25) is 14.4 Å². The van der Waals surface area contributed by atoms with Crippen molar-refractivity contribution in [3.8, 4) is 6.07 Å². The van der Waals surface area contributed by atoms with Gasteiger partial charge in [-0.05, 0) is 37.3 Å². The van der Waals surface area contributed by atoms with Crippen LogP contribution in [0.4, 0.5) is 18.0 Å². The number of hydrogen-bond donors (Lipinski definition) is 2. The Morgan fingerprint density at radius 3 is 2.51 bits per heavy atom. The number of carbonyl (C=O) groups is 4. The fraction of sp³-hybridized carbons (Fsp3) is 0.361. The predicted molar refractivity (Wildman–Crippen MR) is 187 cm³/mol. The largest absolute Gasteiger partial charge is 0.512 e. The quantitative estimate of drug-likeness (QED) is 0.109. The van der Waals surface area contributed by atoms with Crippen molar-refractivity contribution in [3.05, 3.63) is 101 Å². The minimum atomic E-state index is -1.96. The Hall–Kier alpha value is -5.71. The highest BCUT2D eigenvalue weighted by Gasteiger charge is 2.47. The third kappa shape index (κ3) is 12.7. The summed E-state index contributed by atoms with van der Waals surface area (Å²) in [5, 5.41) is 22.5. The molecule has 2 aromatic carbocycles. The molecule has 1 saturated heterocycles.